The molecule has 0 spiro atoms. The Morgan fingerprint density at radius 1 is 1.19 bits per heavy atom. The molecular weight excluding hydrogens is 328 g/mol. The summed E-state index contributed by atoms with van der Waals surface area (Å²) in [6.07, 6.45) is 0.544. The van der Waals surface area contributed by atoms with Crippen molar-refractivity contribution in [2.24, 2.45) is 0 Å². The monoisotopic (exact) mass is 352 g/mol. The van der Waals surface area contributed by atoms with Crippen LogP contribution in [0.2, 0.25) is 0 Å². The highest BCUT2D eigenvalue weighted by Gasteiger charge is 2.28. The molecule has 2 aromatic rings. The topological polar surface area (TPSA) is 78.7 Å². The molecule has 1 aliphatic heterocycles. The molecule has 1 aliphatic rings. The van der Waals surface area contributed by atoms with Crippen LogP contribution in [0.5, 0.6) is 0 Å². The normalized spacial score (nSPS) is 15.2. The van der Waals surface area contributed by atoms with Gasteiger partial charge in [0.25, 0.3) is 0 Å². The van der Waals surface area contributed by atoms with Gasteiger partial charge in [0.15, 0.2) is 5.78 Å². The van der Waals surface area contributed by atoms with Gasteiger partial charge in [0.2, 0.25) is 5.91 Å². The van der Waals surface area contributed by atoms with Gasteiger partial charge in [0.05, 0.1) is 17.5 Å². The Bertz CT molecular complexity index is 802. The number of carbonyl (C=O) groups is 2. The number of Topliss-reactive ketones (excluding diaryl/α,β-unsaturated/α-hetero) is 1. The van der Waals surface area contributed by atoms with Gasteiger partial charge in [-0.2, -0.15) is 0 Å². The molecule has 1 amide bonds. The average molecular weight is 352 g/mol. The van der Waals surface area contributed by atoms with Crippen molar-refractivity contribution in [3.8, 4) is 0 Å². The largest absolute Gasteiger partial charge is 0.399 e. The molecule has 0 aromatic heterocycles. The molecule has 0 saturated carbocycles. The van der Waals surface area contributed by atoms with Gasteiger partial charge in [0, 0.05) is 30.6 Å². The van der Waals surface area contributed by atoms with Crippen molar-refractivity contribution >= 4 is 28.8 Å². The van der Waals surface area contributed by atoms with Gasteiger partial charge in [-0.15, -0.1) is 0 Å². The van der Waals surface area contributed by atoms with Gasteiger partial charge >= 0.3 is 0 Å². The van der Waals surface area contributed by atoms with Crippen molar-refractivity contribution in [1.29, 1.82) is 0 Å². The van der Waals surface area contributed by atoms with E-state index in [1.807, 2.05) is 43.3 Å². The zero-order chi connectivity index (χ0) is 18.7. The lowest BCUT2D eigenvalue weighted by atomic mass is 10.0. The van der Waals surface area contributed by atoms with Crippen LogP contribution in [0.4, 0.5) is 17.1 Å². The molecule has 0 saturated heterocycles. The van der Waals surface area contributed by atoms with E-state index in [-0.39, 0.29) is 17.9 Å². The SMILES string of the molecule is CN(C)C(CC(=O)c1ccc(N)cc1)N1CCC(=O)Nc2ccccc21. The molecule has 6 nitrogen and oxygen atoms in total. The summed E-state index contributed by atoms with van der Waals surface area (Å²) in [5.41, 5.74) is 8.70. The van der Waals surface area contributed by atoms with Crippen LogP contribution in [-0.4, -0.2) is 43.4 Å². The highest BCUT2D eigenvalue weighted by Crippen LogP contribution is 2.31. The van der Waals surface area contributed by atoms with Crippen molar-refractivity contribution in [1.82, 2.24) is 4.90 Å². The highest BCUT2D eigenvalue weighted by molar-refractivity contribution is 5.98. The number of benzene rings is 2. The quantitative estimate of drug-likeness (QED) is 0.639. The number of nitrogens with two attached hydrogens (primary N) is 1. The first-order valence-electron chi connectivity index (χ1n) is 8.66. The van der Waals surface area contributed by atoms with Crippen LogP contribution in [0.1, 0.15) is 23.2 Å². The van der Waals surface area contributed by atoms with Crippen molar-refractivity contribution in [3.63, 3.8) is 0 Å². The van der Waals surface area contributed by atoms with Gasteiger partial charge in [0.1, 0.15) is 0 Å². The Balaban J connectivity index is 1.89. The molecule has 1 unspecified atom stereocenters. The Labute approximate surface area is 153 Å². The van der Waals surface area contributed by atoms with Crippen LogP contribution in [0.15, 0.2) is 48.5 Å². The minimum Gasteiger partial charge on any atom is -0.399 e. The maximum Gasteiger partial charge on any atom is 0.226 e. The first-order valence-corrected chi connectivity index (χ1v) is 8.66. The van der Waals surface area contributed by atoms with E-state index in [0.717, 1.165) is 11.4 Å². The summed E-state index contributed by atoms with van der Waals surface area (Å²) in [5, 5.41) is 2.94. The smallest absolute Gasteiger partial charge is 0.226 e. The van der Waals surface area contributed by atoms with E-state index >= 15 is 0 Å². The summed E-state index contributed by atoms with van der Waals surface area (Å²) in [6.45, 7) is 0.556. The number of amides is 1. The third-order valence-corrected chi connectivity index (χ3v) is 4.62. The number of carbonyl (C=O) groups excluding carboxylic acids is 2. The zero-order valence-corrected chi connectivity index (χ0v) is 15.1. The highest BCUT2D eigenvalue weighted by atomic mass is 16.1. The molecule has 3 rings (SSSR count). The third-order valence-electron chi connectivity index (χ3n) is 4.62. The summed E-state index contributed by atoms with van der Waals surface area (Å²) in [4.78, 5) is 29.0. The van der Waals surface area contributed by atoms with Crippen LogP contribution in [0.3, 0.4) is 0 Å². The molecule has 136 valence electrons. The Morgan fingerprint density at radius 3 is 2.58 bits per heavy atom. The van der Waals surface area contributed by atoms with Crippen LogP contribution in [0, 0.1) is 0 Å². The van der Waals surface area contributed by atoms with Crippen molar-refractivity contribution in [2.45, 2.75) is 19.0 Å². The summed E-state index contributed by atoms with van der Waals surface area (Å²) in [6, 6.07) is 14.7. The summed E-state index contributed by atoms with van der Waals surface area (Å²) >= 11 is 0. The first-order chi connectivity index (χ1) is 12.5. The van der Waals surface area contributed by atoms with Crippen LogP contribution in [0.25, 0.3) is 0 Å². The Kier molecular flexibility index (Phi) is 5.23. The van der Waals surface area contributed by atoms with Crippen molar-refractivity contribution in [3.05, 3.63) is 54.1 Å². The van der Waals surface area contributed by atoms with E-state index in [1.54, 1.807) is 24.3 Å². The average Bonchev–Trinajstić information content (AvgIpc) is 2.78. The molecule has 0 radical (unpaired) electrons. The standard InChI is InChI=1S/C20H24N4O2/c1-23(2)20(13-18(25)14-7-9-15(21)10-8-14)24-12-11-19(26)22-16-5-3-4-6-17(16)24/h3-10,20H,11-13,21H2,1-2H3,(H,22,26). The summed E-state index contributed by atoms with van der Waals surface area (Å²) < 4.78 is 0. The number of nitrogens with zero attached hydrogens (tertiary/aromatic N) is 2. The number of rotatable bonds is 5. The lowest BCUT2D eigenvalue weighted by Crippen LogP contribution is -2.47. The van der Waals surface area contributed by atoms with Crippen LogP contribution < -0.4 is 16.0 Å². The van der Waals surface area contributed by atoms with E-state index in [1.165, 1.54) is 0 Å². The van der Waals surface area contributed by atoms with Gasteiger partial charge in [-0.1, -0.05) is 12.1 Å². The van der Waals surface area contributed by atoms with E-state index in [9.17, 15) is 9.59 Å². The Morgan fingerprint density at radius 2 is 1.88 bits per heavy atom. The summed E-state index contributed by atoms with van der Waals surface area (Å²) in [7, 11) is 3.90. The maximum absolute atomic E-state index is 12.8. The second-order valence-electron chi connectivity index (χ2n) is 6.70. The predicted octanol–water partition coefficient (Wildman–Crippen LogP) is 2.58. The third kappa shape index (κ3) is 3.86. The molecule has 3 N–H and O–H groups in total. The van der Waals surface area contributed by atoms with Crippen LogP contribution in [-0.2, 0) is 4.79 Å². The second-order valence-corrected chi connectivity index (χ2v) is 6.70. The lowest BCUT2D eigenvalue weighted by Gasteiger charge is -2.37. The lowest BCUT2D eigenvalue weighted by molar-refractivity contribution is -0.116. The molecule has 1 heterocycles. The van der Waals surface area contributed by atoms with Crippen molar-refractivity contribution in [2.75, 3.05) is 36.6 Å². The fraction of sp³-hybridized carbons (Fsp3) is 0.300. The second kappa shape index (κ2) is 7.58. The Hall–Kier alpha value is -2.86. The fourth-order valence-corrected chi connectivity index (χ4v) is 3.22. The zero-order valence-electron chi connectivity index (χ0n) is 15.1. The maximum atomic E-state index is 12.8. The van der Waals surface area contributed by atoms with Crippen molar-refractivity contribution < 1.29 is 9.59 Å². The van der Waals surface area contributed by atoms with Crippen LogP contribution >= 0.6 is 0 Å². The number of anilines is 3. The first kappa shape index (κ1) is 17.9. The number of para-hydroxylation sites is 2. The van der Waals surface area contributed by atoms with E-state index < -0.39 is 0 Å². The molecule has 1 atom stereocenters. The number of nitrogen functional groups attached to an aromatic ring is 1. The molecule has 0 fully saturated rings. The van der Waals surface area contributed by atoms with Gasteiger partial charge in [-0.25, -0.2) is 0 Å². The van der Waals surface area contributed by atoms with Gasteiger partial charge in [-0.3, -0.25) is 14.5 Å². The number of nitrogens with one attached hydrogen (secondary N) is 1. The van der Waals surface area contributed by atoms with Gasteiger partial charge < -0.3 is 16.0 Å². The van der Waals surface area contributed by atoms with E-state index in [2.05, 4.69) is 10.2 Å². The fourth-order valence-electron chi connectivity index (χ4n) is 3.22. The number of fused-ring (bicyclic) bond motifs is 1. The molecule has 0 bridgehead atoms. The molecule has 0 aliphatic carbocycles. The number of ketones is 1. The van der Waals surface area contributed by atoms with Gasteiger partial charge in [-0.05, 0) is 50.5 Å². The summed E-state index contributed by atoms with van der Waals surface area (Å²) in [5.74, 6) is 0.0343. The number of hydrogen-bond acceptors (Lipinski definition) is 5. The minimum atomic E-state index is -0.158. The molecule has 2 aromatic carbocycles. The molecular formula is C20H24N4O2. The minimum absolute atomic E-state index is 0.0117. The van der Waals surface area contributed by atoms with E-state index in [4.69, 9.17) is 5.73 Å². The molecule has 6 heteroatoms. The molecule has 26 heavy (non-hydrogen) atoms. The number of hydrogen-bond donors (Lipinski definition) is 2. The van der Waals surface area contributed by atoms with E-state index in [0.29, 0.717) is 30.6 Å². The predicted molar refractivity (Wildman–Crippen MR) is 104 cm³/mol.